The van der Waals surface area contributed by atoms with E-state index in [0.29, 0.717) is 30.2 Å². The van der Waals surface area contributed by atoms with Crippen LogP contribution in [0.3, 0.4) is 0 Å². The summed E-state index contributed by atoms with van der Waals surface area (Å²) in [4.78, 5) is 11.6. The molecule has 2 aromatic heterocycles. The number of rotatable bonds is 8. The van der Waals surface area contributed by atoms with E-state index in [0.717, 1.165) is 17.7 Å². The molecule has 0 radical (unpaired) electrons. The summed E-state index contributed by atoms with van der Waals surface area (Å²) in [5, 5.41) is 10.9. The first kappa shape index (κ1) is 30.9. The molecular formula is C30H35F3N6O3S. The molecule has 0 bridgehead atoms. The fourth-order valence-electron chi connectivity index (χ4n) is 6.36. The second-order valence-corrected chi connectivity index (χ2v) is 13.7. The number of nitrogens with zero attached hydrogens (tertiary/aromatic N) is 2. The van der Waals surface area contributed by atoms with Crippen molar-refractivity contribution in [2.75, 3.05) is 24.8 Å². The molecule has 2 fully saturated rings. The lowest BCUT2D eigenvalue weighted by molar-refractivity contribution is -0.0118. The molecule has 5 N–H and O–H groups in total. The minimum absolute atomic E-state index is 0.0102. The number of aromatic amines is 1. The quantitative estimate of drug-likeness (QED) is 0.256. The molecule has 5 rings (SSSR count). The van der Waals surface area contributed by atoms with E-state index in [1.807, 2.05) is 13.0 Å². The average molecular weight is 617 g/mol. The SMILES string of the molecule is C[C@H]1C[C@@H](c2ccncc2Nc2ncc(/C=C\C(=N)c3c(F)cc(C4(F)CCOCC4)cc3F)[nH]2)C[C@@H](N)[C@@H]1S(C)(=O)=O. The van der Waals surface area contributed by atoms with Gasteiger partial charge in [-0.2, -0.15) is 0 Å². The van der Waals surface area contributed by atoms with E-state index in [1.165, 1.54) is 24.6 Å². The monoisotopic (exact) mass is 616 g/mol. The number of H-pyrrole nitrogens is 1. The highest BCUT2D eigenvalue weighted by molar-refractivity contribution is 7.91. The minimum atomic E-state index is -3.28. The number of allylic oxidation sites excluding steroid dienone is 1. The molecule has 1 saturated carbocycles. The zero-order valence-corrected chi connectivity index (χ0v) is 24.7. The molecular weight excluding hydrogens is 581 g/mol. The Morgan fingerprint density at radius 3 is 2.56 bits per heavy atom. The van der Waals surface area contributed by atoms with Gasteiger partial charge < -0.3 is 26.2 Å². The van der Waals surface area contributed by atoms with Gasteiger partial charge >= 0.3 is 0 Å². The number of hydrogen-bond acceptors (Lipinski definition) is 8. The van der Waals surface area contributed by atoms with E-state index >= 15 is 4.39 Å². The van der Waals surface area contributed by atoms with Crippen LogP contribution in [0.1, 0.15) is 60.9 Å². The number of aromatic nitrogens is 3. The van der Waals surface area contributed by atoms with Crippen LogP contribution in [0, 0.1) is 23.0 Å². The molecule has 43 heavy (non-hydrogen) atoms. The van der Waals surface area contributed by atoms with Gasteiger partial charge in [-0.3, -0.25) is 4.98 Å². The van der Waals surface area contributed by atoms with Crippen molar-refractivity contribution in [1.29, 1.82) is 5.41 Å². The predicted molar refractivity (Wildman–Crippen MR) is 159 cm³/mol. The highest BCUT2D eigenvalue weighted by atomic mass is 32.2. The van der Waals surface area contributed by atoms with Gasteiger partial charge in [0, 0.05) is 44.5 Å². The van der Waals surface area contributed by atoms with Crippen LogP contribution in [0.4, 0.5) is 24.8 Å². The van der Waals surface area contributed by atoms with Gasteiger partial charge in [-0.1, -0.05) is 6.92 Å². The summed E-state index contributed by atoms with van der Waals surface area (Å²) in [6.45, 7) is 2.25. The zero-order valence-electron chi connectivity index (χ0n) is 23.9. The van der Waals surface area contributed by atoms with Crippen LogP contribution < -0.4 is 11.1 Å². The second kappa shape index (κ2) is 12.2. The van der Waals surface area contributed by atoms with E-state index in [2.05, 4.69) is 20.3 Å². The normalized spacial score (nSPS) is 24.2. The lowest BCUT2D eigenvalue weighted by Crippen LogP contribution is -2.48. The molecule has 13 heteroatoms. The van der Waals surface area contributed by atoms with Crippen molar-refractivity contribution < 1.29 is 26.3 Å². The number of ether oxygens (including phenoxy) is 1. The first-order valence-electron chi connectivity index (χ1n) is 14.1. The molecule has 0 unspecified atom stereocenters. The number of imidazole rings is 1. The highest BCUT2D eigenvalue weighted by Crippen LogP contribution is 2.41. The summed E-state index contributed by atoms with van der Waals surface area (Å²) in [7, 11) is -3.28. The zero-order chi connectivity index (χ0) is 30.9. The van der Waals surface area contributed by atoms with Crippen LogP contribution in [0.25, 0.3) is 6.08 Å². The number of anilines is 2. The molecule has 1 aromatic carbocycles. The minimum Gasteiger partial charge on any atom is -0.381 e. The summed E-state index contributed by atoms with van der Waals surface area (Å²) in [5.41, 5.74) is 5.47. The van der Waals surface area contributed by atoms with Crippen LogP contribution in [0.5, 0.6) is 0 Å². The van der Waals surface area contributed by atoms with Crippen LogP contribution in [0.2, 0.25) is 0 Å². The Hall–Kier alpha value is -3.55. The third-order valence-electron chi connectivity index (χ3n) is 8.38. The number of benzene rings is 1. The Bertz CT molecular complexity index is 1600. The van der Waals surface area contributed by atoms with Gasteiger partial charge in [0.25, 0.3) is 0 Å². The van der Waals surface area contributed by atoms with E-state index in [9.17, 15) is 17.2 Å². The molecule has 0 spiro atoms. The van der Waals surface area contributed by atoms with Crippen LogP contribution in [-0.4, -0.2) is 59.8 Å². The Labute approximate surface area is 248 Å². The number of pyridine rings is 1. The van der Waals surface area contributed by atoms with Gasteiger partial charge in [0.15, 0.2) is 9.84 Å². The summed E-state index contributed by atoms with van der Waals surface area (Å²) in [5.74, 6) is -1.76. The summed E-state index contributed by atoms with van der Waals surface area (Å²) >= 11 is 0. The first-order chi connectivity index (χ1) is 20.4. The standard InChI is InChI=1S/C30H35F3N6O3S/c1-17-11-18(12-25(35)28(17)43(2,40)41)21-5-8-36-16-26(21)39-29-37-15-20(38-29)3-4-24(34)27-22(31)13-19(14-23(27)32)30(33)6-9-42-10-7-30/h3-5,8,13-18,25,28,34H,6-7,9-12,35H2,1-2H3,(H2,37,38,39)/b4-3-,34-24?/t17-,18+,25+,28+/m0/s1. The first-order valence-corrected chi connectivity index (χ1v) is 16.0. The fraction of sp³-hybridized carbons (Fsp3) is 0.433. The van der Waals surface area contributed by atoms with Crippen molar-refractivity contribution in [3.8, 4) is 0 Å². The number of nitrogens with two attached hydrogens (primary N) is 1. The Morgan fingerprint density at radius 2 is 1.91 bits per heavy atom. The maximum Gasteiger partial charge on any atom is 0.205 e. The lowest BCUT2D eigenvalue weighted by atomic mass is 9.76. The lowest BCUT2D eigenvalue weighted by Gasteiger charge is -2.38. The van der Waals surface area contributed by atoms with Crippen molar-refractivity contribution in [2.45, 2.75) is 55.5 Å². The van der Waals surface area contributed by atoms with Gasteiger partial charge in [0.2, 0.25) is 5.95 Å². The maximum absolute atomic E-state index is 15.2. The van der Waals surface area contributed by atoms with Gasteiger partial charge in [-0.05, 0) is 66.2 Å². The fourth-order valence-corrected chi connectivity index (χ4v) is 8.06. The number of sulfone groups is 1. The van der Waals surface area contributed by atoms with Gasteiger partial charge in [0.05, 0.1) is 40.3 Å². The Morgan fingerprint density at radius 1 is 1.21 bits per heavy atom. The molecule has 0 amide bonds. The van der Waals surface area contributed by atoms with Crippen molar-refractivity contribution >= 4 is 33.3 Å². The van der Waals surface area contributed by atoms with Crippen molar-refractivity contribution in [3.05, 3.63) is 76.9 Å². The van der Waals surface area contributed by atoms with Crippen molar-refractivity contribution in [3.63, 3.8) is 0 Å². The molecule has 4 atom stereocenters. The van der Waals surface area contributed by atoms with Crippen LogP contribution >= 0.6 is 0 Å². The van der Waals surface area contributed by atoms with Crippen LogP contribution in [0.15, 0.2) is 42.9 Å². The van der Waals surface area contributed by atoms with E-state index in [-0.39, 0.29) is 43.5 Å². The van der Waals surface area contributed by atoms with E-state index in [4.69, 9.17) is 15.9 Å². The molecule has 1 aliphatic carbocycles. The van der Waals surface area contributed by atoms with Gasteiger partial charge in [-0.25, -0.2) is 26.6 Å². The molecule has 2 aliphatic rings. The number of hydrogen-bond donors (Lipinski definition) is 4. The molecule has 3 heterocycles. The summed E-state index contributed by atoms with van der Waals surface area (Å²) < 4.78 is 74.7. The third kappa shape index (κ3) is 6.68. The van der Waals surface area contributed by atoms with E-state index < -0.39 is 49.7 Å². The molecule has 1 aliphatic heterocycles. The number of nitrogens with one attached hydrogen (secondary N) is 3. The summed E-state index contributed by atoms with van der Waals surface area (Å²) in [6, 6.07) is 3.29. The van der Waals surface area contributed by atoms with Gasteiger partial charge in [0.1, 0.15) is 17.3 Å². The third-order valence-corrected chi connectivity index (χ3v) is 10.2. The number of halogens is 3. The Kier molecular flexibility index (Phi) is 8.77. The predicted octanol–water partition coefficient (Wildman–Crippen LogP) is 5.14. The van der Waals surface area contributed by atoms with Crippen molar-refractivity contribution in [2.24, 2.45) is 11.7 Å². The topological polar surface area (TPSA) is 147 Å². The smallest absolute Gasteiger partial charge is 0.205 e. The highest BCUT2D eigenvalue weighted by Gasteiger charge is 2.40. The van der Waals surface area contributed by atoms with Crippen LogP contribution in [-0.2, 0) is 20.2 Å². The summed E-state index contributed by atoms with van der Waals surface area (Å²) in [6.07, 6.45) is 9.91. The number of alkyl halides is 1. The van der Waals surface area contributed by atoms with E-state index in [1.54, 1.807) is 12.4 Å². The molecule has 3 aromatic rings. The maximum atomic E-state index is 15.2. The second-order valence-electron chi connectivity index (χ2n) is 11.5. The molecule has 1 saturated heterocycles. The molecule has 9 nitrogen and oxygen atoms in total. The van der Waals surface area contributed by atoms with Gasteiger partial charge in [-0.15, -0.1) is 0 Å². The average Bonchev–Trinajstić information content (AvgIpc) is 3.38. The van der Waals surface area contributed by atoms with Crippen molar-refractivity contribution in [1.82, 2.24) is 15.0 Å². The largest absolute Gasteiger partial charge is 0.381 e. The Balaban J connectivity index is 1.28. The molecule has 230 valence electrons.